The molecular formula is C18H15FN4O3. The number of amides is 1. The second-order valence-electron chi connectivity index (χ2n) is 5.91. The lowest BCUT2D eigenvalue weighted by Gasteiger charge is -2.20. The third kappa shape index (κ3) is 2.97. The van der Waals surface area contributed by atoms with Gasteiger partial charge in [-0.15, -0.1) is 0 Å². The van der Waals surface area contributed by atoms with Gasteiger partial charge in [0.25, 0.3) is 5.91 Å². The van der Waals surface area contributed by atoms with Gasteiger partial charge in [-0.2, -0.15) is 0 Å². The van der Waals surface area contributed by atoms with E-state index in [0.717, 1.165) is 5.52 Å². The van der Waals surface area contributed by atoms with E-state index in [1.54, 1.807) is 28.6 Å². The minimum absolute atomic E-state index is 0.227. The highest BCUT2D eigenvalue weighted by atomic mass is 19.1. The highest BCUT2D eigenvalue weighted by Crippen LogP contribution is 2.22. The Morgan fingerprint density at radius 2 is 1.77 bits per heavy atom. The molecule has 26 heavy (non-hydrogen) atoms. The molecule has 0 aliphatic heterocycles. The van der Waals surface area contributed by atoms with E-state index >= 15 is 0 Å². The number of nitrogens with zero attached hydrogens (tertiary/aromatic N) is 4. The summed E-state index contributed by atoms with van der Waals surface area (Å²) in [6.07, 6.45) is 5.60. The van der Waals surface area contributed by atoms with Crippen molar-refractivity contribution in [3.05, 3.63) is 72.5 Å². The van der Waals surface area contributed by atoms with Gasteiger partial charge in [-0.25, -0.2) is 14.4 Å². The Balaban J connectivity index is 1.70. The zero-order valence-corrected chi connectivity index (χ0v) is 13.9. The Morgan fingerprint density at radius 1 is 1.12 bits per heavy atom. The molecule has 0 aliphatic rings. The predicted octanol–water partition coefficient (Wildman–Crippen LogP) is 3.14. The third-order valence-corrected chi connectivity index (χ3v) is 4.18. The number of hydrogen-bond donors (Lipinski definition) is 0. The second-order valence-corrected chi connectivity index (χ2v) is 5.91. The van der Waals surface area contributed by atoms with Crippen molar-refractivity contribution in [1.29, 1.82) is 0 Å². The SMILES string of the molecule is Cn1c(C(=O)N(Cc2cocn2)Cc2cocn2)cc2cc(F)ccc21. The maximum atomic E-state index is 13.5. The van der Waals surface area contributed by atoms with Crippen molar-refractivity contribution in [3.63, 3.8) is 0 Å². The molecule has 3 heterocycles. The van der Waals surface area contributed by atoms with E-state index in [1.807, 2.05) is 0 Å². The monoisotopic (exact) mass is 354 g/mol. The van der Waals surface area contributed by atoms with Crippen LogP contribution >= 0.6 is 0 Å². The fraction of sp³-hybridized carbons (Fsp3) is 0.167. The van der Waals surface area contributed by atoms with Crippen molar-refractivity contribution >= 4 is 16.8 Å². The fourth-order valence-electron chi connectivity index (χ4n) is 2.91. The smallest absolute Gasteiger partial charge is 0.271 e. The first kappa shape index (κ1) is 16.1. The number of carbonyl (C=O) groups excluding carboxylic acids is 1. The summed E-state index contributed by atoms with van der Waals surface area (Å²) in [5.74, 6) is -0.570. The number of hydrogen-bond acceptors (Lipinski definition) is 5. The minimum atomic E-state index is -0.343. The summed E-state index contributed by atoms with van der Waals surface area (Å²) in [4.78, 5) is 22.9. The van der Waals surface area contributed by atoms with E-state index in [0.29, 0.717) is 22.5 Å². The van der Waals surface area contributed by atoms with E-state index in [1.165, 1.54) is 37.4 Å². The van der Waals surface area contributed by atoms with Gasteiger partial charge in [0.2, 0.25) is 0 Å². The van der Waals surface area contributed by atoms with Crippen molar-refractivity contribution < 1.29 is 18.0 Å². The fourth-order valence-corrected chi connectivity index (χ4v) is 2.91. The Morgan fingerprint density at radius 3 is 2.35 bits per heavy atom. The van der Waals surface area contributed by atoms with Gasteiger partial charge in [-0.1, -0.05) is 0 Å². The second kappa shape index (κ2) is 6.47. The molecule has 0 spiro atoms. The van der Waals surface area contributed by atoms with Crippen LogP contribution in [0.15, 0.2) is 58.4 Å². The highest BCUT2D eigenvalue weighted by molar-refractivity contribution is 5.98. The molecule has 3 aromatic heterocycles. The predicted molar refractivity (Wildman–Crippen MR) is 89.5 cm³/mol. The Kier molecular flexibility index (Phi) is 4.00. The van der Waals surface area contributed by atoms with E-state index < -0.39 is 0 Å². The summed E-state index contributed by atoms with van der Waals surface area (Å²) in [6.45, 7) is 0.496. The molecule has 0 radical (unpaired) electrons. The molecule has 0 unspecified atom stereocenters. The molecule has 0 atom stereocenters. The van der Waals surface area contributed by atoms with E-state index in [-0.39, 0.29) is 24.8 Å². The van der Waals surface area contributed by atoms with Gasteiger partial charge in [-0.3, -0.25) is 4.79 Å². The van der Waals surface area contributed by atoms with Crippen LogP contribution in [0.2, 0.25) is 0 Å². The lowest BCUT2D eigenvalue weighted by atomic mass is 10.2. The quantitative estimate of drug-likeness (QED) is 0.550. The summed E-state index contributed by atoms with van der Waals surface area (Å²) in [6, 6.07) is 6.12. The zero-order valence-electron chi connectivity index (χ0n) is 13.9. The molecule has 0 saturated carbocycles. The summed E-state index contributed by atoms with van der Waals surface area (Å²) in [5, 5.41) is 0.665. The van der Waals surface area contributed by atoms with Crippen molar-refractivity contribution in [1.82, 2.24) is 19.4 Å². The summed E-state index contributed by atoms with van der Waals surface area (Å²) in [5.41, 5.74) is 2.45. The molecule has 4 rings (SSSR count). The van der Waals surface area contributed by atoms with Crippen molar-refractivity contribution in [2.24, 2.45) is 7.05 Å². The molecule has 0 fully saturated rings. The van der Waals surface area contributed by atoms with Crippen molar-refractivity contribution in [3.8, 4) is 0 Å². The molecule has 0 aliphatic carbocycles. The van der Waals surface area contributed by atoms with Crippen molar-refractivity contribution in [2.45, 2.75) is 13.1 Å². The topological polar surface area (TPSA) is 77.3 Å². The maximum Gasteiger partial charge on any atom is 0.271 e. The Labute approximate surface area is 147 Å². The number of halogens is 1. The largest absolute Gasteiger partial charge is 0.451 e. The number of oxazole rings is 2. The molecule has 1 amide bonds. The summed E-state index contributed by atoms with van der Waals surface area (Å²) >= 11 is 0. The Bertz CT molecular complexity index is 1000. The minimum Gasteiger partial charge on any atom is -0.451 e. The maximum absolute atomic E-state index is 13.5. The van der Waals surface area contributed by atoms with E-state index in [9.17, 15) is 9.18 Å². The van der Waals surface area contributed by atoms with E-state index in [4.69, 9.17) is 8.83 Å². The highest BCUT2D eigenvalue weighted by Gasteiger charge is 2.22. The van der Waals surface area contributed by atoms with Crippen LogP contribution in [0.5, 0.6) is 0 Å². The number of fused-ring (bicyclic) bond motifs is 1. The van der Waals surface area contributed by atoms with E-state index in [2.05, 4.69) is 9.97 Å². The molecule has 0 bridgehead atoms. The van der Waals surface area contributed by atoms with Crippen LogP contribution in [0.25, 0.3) is 10.9 Å². The number of rotatable bonds is 5. The number of benzene rings is 1. The Hall–Kier alpha value is -3.42. The normalized spacial score (nSPS) is 11.2. The first-order valence-electron chi connectivity index (χ1n) is 7.90. The van der Waals surface area contributed by atoms with Gasteiger partial charge in [0.1, 0.15) is 24.0 Å². The van der Waals surface area contributed by atoms with Gasteiger partial charge < -0.3 is 18.3 Å². The van der Waals surface area contributed by atoms with Crippen LogP contribution in [0.3, 0.4) is 0 Å². The van der Waals surface area contributed by atoms with Crippen LogP contribution in [-0.4, -0.2) is 25.3 Å². The van der Waals surface area contributed by atoms with Gasteiger partial charge >= 0.3 is 0 Å². The lowest BCUT2D eigenvalue weighted by molar-refractivity contribution is 0.0716. The summed E-state index contributed by atoms with van der Waals surface area (Å²) < 4.78 is 25.2. The average Bonchev–Trinajstić information content (AvgIpc) is 3.36. The van der Waals surface area contributed by atoms with Gasteiger partial charge in [0.05, 0.1) is 24.5 Å². The van der Waals surface area contributed by atoms with Gasteiger partial charge in [-0.05, 0) is 24.3 Å². The molecule has 1 aromatic carbocycles. The molecule has 0 saturated heterocycles. The number of carbonyl (C=O) groups is 1. The van der Waals surface area contributed by atoms with Crippen LogP contribution < -0.4 is 0 Å². The average molecular weight is 354 g/mol. The van der Waals surface area contributed by atoms with Crippen LogP contribution in [-0.2, 0) is 20.1 Å². The molecule has 4 aromatic rings. The van der Waals surface area contributed by atoms with Crippen molar-refractivity contribution in [2.75, 3.05) is 0 Å². The first-order valence-corrected chi connectivity index (χ1v) is 7.90. The lowest BCUT2D eigenvalue weighted by Crippen LogP contribution is -2.31. The molecule has 7 nitrogen and oxygen atoms in total. The first-order chi connectivity index (χ1) is 12.6. The number of aryl methyl sites for hydroxylation is 1. The standard InChI is InChI=1S/C18H15FN4O3/c1-22-16-3-2-13(19)4-12(16)5-17(22)18(24)23(6-14-8-25-10-20-14)7-15-9-26-11-21-15/h2-5,8-11H,6-7H2,1H3. The molecular weight excluding hydrogens is 339 g/mol. The third-order valence-electron chi connectivity index (χ3n) is 4.18. The molecule has 132 valence electrons. The number of aromatic nitrogens is 3. The van der Waals surface area contributed by atoms with Gasteiger partial charge in [0, 0.05) is 18.0 Å². The van der Waals surface area contributed by atoms with Crippen LogP contribution in [0.4, 0.5) is 4.39 Å². The molecule has 0 N–H and O–H groups in total. The molecule has 8 heteroatoms. The zero-order chi connectivity index (χ0) is 18.1. The summed E-state index contributed by atoms with van der Waals surface area (Å²) in [7, 11) is 1.78. The van der Waals surface area contributed by atoms with Gasteiger partial charge in [0.15, 0.2) is 12.8 Å². The van der Waals surface area contributed by atoms with Crippen LogP contribution in [0.1, 0.15) is 21.9 Å². The van der Waals surface area contributed by atoms with Crippen LogP contribution in [0, 0.1) is 5.82 Å².